The van der Waals surface area contributed by atoms with Crippen molar-refractivity contribution in [2.24, 2.45) is 0 Å². The second kappa shape index (κ2) is 45.6. The summed E-state index contributed by atoms with van der Waals surface area (Å²) in [5.74, 6) is -0.208. The molecule has 0 aliphatic carbocycles. The number of carbonyl (C=O) groups excluding carboxylic acids is 1. The van der Waals surface area contributed by atoms with Gasteiger partial charge in [-0.15, -0.1) is 0 Å². The van der Waals surface area contributed by atoms with Crippen LogP contribution in [0.25, 0.3) is 0 Å². The van der Waals surface area contributed by atoms with E-state index in [4.69, 9.17) is 9.05 Å². The molecule has 0 aromatic rings. The van der Waals surface area contributed by atoms with E-state index in [1.54, 1.807) is 6.08 Å². The standard InChI is InChI=1S/C55H97N2O6P/c1-6-8-10-12-14-16-17-18-19-20-21-22-23-24-25-26-27-28-29-30-31-32-33-34-35-36-37-38-39-41-43-45-47-49-55(59)56-53(52-63-64(60,61)62-51-50-57(3,4)5)54(58)48-46-44-42-40-15-13-11-9-7-2/h8,10,14,16,18-19,21-22,24-25,27-28,30-31,46,48,53-54,58H,6-7,9,11-13,15,17,20,23,26,29,32-45,47,49-52H2,1-5H3,(H-,56,59,60,61)/b10-8-,16-14-,19-18-,22-21-,25-24-,28-27-,31-30-,48-46+. The molecule has 3 atom stereocenters. The van der Waals surface area contributed by atoms with Gasteiger partial charge in [-0.25, -0.2) is 0 Å². The smallest absolute Gasteiger partial charge is 0.268 e. The highest BCUT2D eigenvalue weighted by atomic mass is 31.2. The summed E-state index contributed by atoms with van der Waals surface area (Å²) in [4.78, 5) is 25.3. The number of rotatable bonds is 45. The zero-order valence-electron chi connectivity index (χ0n) is 41.7. The SMILES string of the molecule is CC/C=C\C/C=C\C/C=C\C/C=C\C/C=C\C/C=C\C/C=C\CCCCCCCCCCCCCC(=O)NC(COP(=O)([O-])OCC[N+](C)(C)C)C(O)/C=C/CCCCCCCCC. The number of amides is 1. The summed E-state index contributed by atoms with van der Waals surface area (Å²) in [6, 6.07) is -0.891. The Morgan fingerprint density at radius 1 is 0.562 bits per heavy atom. The first-order chi connectivity index (χ1) is 31.0. The van der Waals surface area contributed by atoms with Crippen molar-refractivity contribution >= 4 is 13.7 Å². The van der Waals surface area contributed by atoms with Gasteiger partial charge in [0.2, 0.25) is 5.91 Å². The average Bonchev–Trinajstić information content (AvgIpc) is 3.25. The van der Waals surface area contributed by atoms with Crippen molar-refractivity contribution in [3.8, 4) is 0 Å². The second-order valence-electron chi connectivity index (χ2n) is 18.1. The summed E-state index contributed by atoms with van der Waals surface area (Å²) in [5, 5.41) is 13.7. The first-order valence-corrected chi connectivity index (χ1v) is 27.1. The normalized spacial score (nSPS) is 14.9. The molecule has 0 saturated carbocycles. The van der Waals surface area contributed by atoms with Crippen molar-refractivity contribution in [2.75, 3.05) is 40.9 Å². The van der Waals surface area contributed by atoms with Crippen LogP contribution < -0.4 is 10.2 Å². The highest BCUT2D eigenvalue weighted by Gasteiger charge is 2.23. The van der Waals surface area contributed by atoms with Crippen LogP contribution in [0, 0.1) is 0 Å². The Morgan fingerprint density at radius 3 is 1.39 bits per heavy atom. The highest BCUT2D eigenvalue weighted by Crippen LogP contribution is 2.38. The number of aliphatic hydroxyl groups is 1. The molecule has 0 aromatic heterocycles. The molecule has 0 radical (unpaired) electrons. The van der Waals surface area contributed by atoms with Gasteiger partial charge in [-0.3, -0.25) is 9.36 Å². The number of quaternary nitrogens is 1. The van der Waals surface area contributed by atoms with Crippen molar-refractivity contribution in [3.63, 3.8) is 0 Å². The minimum absolute atomic E-state index is 0.00600. The van der Waals surface area contributed by atoms with E-state index in [1.165, 1.54) is 89.9 Å². The van der Waals surface area contributed by atoms with Gasteiger partial charge in [0.15, 0.2) is 0 Å². The van der Waals surface area contributed by atoms with E-state index in [1.807, 2.05) is 27.2 Å². The first-order valence-electron chi connectivity index (χ1n) is 25.6. The molecule has 3 unspecified atom stereocenters. The van der Waals surface area contributed by atoms with E-state index in [9.17, 15) is 19.4 Å². The van der Waals surface area contributed by atoms with Gasteiger partial charge in [0.05, 0.1) is 39.9 Å². The number of unbranched alkanes of at least 4 members (excludes halogenated alkanes) is 18. The average molecular weight is 913 g/mol. The molecule has 0 rings (SSSR count). The lowest BCUT2D eigenvalue weighted by atomic mass is 10.0. The molecule has 0 spiro atoms. The fourth-order valence-corrected chi connectivity index (χ4v) is 7.50. The van der Waals surface area contributed by atoms with Crippen LogP contribution in [-0.2, 0) is 18.4 Å². The number of phosphoric ester groups is 1. The number of phosphoric acid groups is 1. The maximum atomic E-state index is 12.9. The Labute approximate surface area is 394 Å². The molecule has 0 aliphatic heterocycles. The molecule has 8 nitrogen and oxygen atoms in total. The van der Waals surface area contributed by atoms with Crippen LogP contribution in [0.2, 0.25) is 0 Å². The highest BCUT2D eigenvalue weighted by molar-refractivity contribution is 7.45. The number of allylic oxidation sites excluding steroid dienone is 15. The maximum Gasteiger partial charge on any atom is 0.268 e. The minimum Gasteiger partial charge on any atom is -0.756 e. The van der Waals surface area contributed by atoms with E-state index in [-0.39, 0.29) is 19.1 Å². The number of aliphatic hydroxyl groups excluding tert-OH is 1. The van der Waals surface area contributed by atoms with Crippen LogP contribution >= 0.6 is 7.82 Å². The van der Waals surface area contributed by atoms with Crippen molar-refractivity contribution in [2.45, 2.75) is 206 Å². The van der Waals surface area contributed by atoms with Crippen LogP contribution in [0.4, 0.5) is 0 Å². The summed E-state index contributed by atoms with van der Waals surface area (Å²) in [6.45, 7) is 4.48. The van der Waals surface area contributed by atoms with Crippen LogP contribution in [0.1, 0.15) is 194 Å². The molecule has 368 valence electrons. The van der Waals surface area contributed by atoms with Crippen molar-refractivity contribution < 1.29 is 32.9 Å². The van der Waals surface area contributed by atoms with Gasteiger partial charge in [-0.05, 0) is 77.0 Å². The summed E-state index contributed by atoms with van der Waals surface area (Å²) < 4.78 is 23.2. The lowest BCUT2D eigenvalue weighted by Crippen LogP contribution is -2.45. The van der Waals surface area contributed by atoms with Crippen LogP contribution in [0.5, 0.6) is 0 Å². The summed E-state index contributed by atoms with van der Waals surface area (Å²) in [6.07, 6.45) is 64.8. The fraction of sp³-hybridized carbons (Fsp3) is 0.691. The van der Waals surface area contributed by atoms with Crippen molar-refractivity contribution in [1.82, 2.24) is 5.32 Å². The molecule has 64 heavy (non-hydrogen) atoms. The van der Waals surface area contributed by atoms with E-state index in [0.717, 1.165) is 83.5 Å². The number of nitrogens with one attached hydrogen (secondary N) is 1. The monoisotopic (exact) mass is 913 g/mol. The number of hydrogen-bond donors (Lipinski definition) is 2. The van der Waals surface area contributed by atoms with Gasteiger partial charge < -0.3 is 28.8 Å². The Hall–Kier alpha value is -2.58. The third-order valence-corrected chi connectivity index (χ3v) is 11.8. The Balaban J connectivity index is 4.08. The van der Waals surface area contributed by atoms with Crippen LogP contribution in [-0.4, -0.2) is 68.5 Å². The maximum absolute atomic E-state index is 12.9. The number of carbonyl (C=O) groups is 1. The van der Waals surface area contributed by atoms with E-state index < -0.39 is 20.0 Å². The largest absolute Gasteiger partial charge is 0.756 e. The zero-order chi connectivity index (χ0) is 47.1. The predicted octanol–water partition coefficient (Wildman–Crippen LogP) is 14.5. The van der Waals surface area contributed by atoms with Gasteiger partial charge >= 0.3 is 0 Å². The molecular formula is C55H97N2O6P. The lowest BCUT2D eigenvalue weighted by Gasteiger charge is -2.29. The quantitative estimate of drug-likeness (QED) is 0.0273. The summed E-state index contributed by atoms with van der Waals surface area (Å²) in [5.41, 5.74) is 0. The predicted molar refractivity (Wildman–Crippen MR) is 274 cm³/mol. The second-order valence-corrected chi connectivity index (χ2v) is 19.6. The van der Waals surface area contributed by atoms with Gasteiger partial charge in [-0.2, -0.15) is 0 Å². The van der Waals surface area contributed by atoms with Crippen LogP contribution in [0.3, 0.4) is 0 Å². The van der Waals surface area contributed by atoms with Crippen LogP contribution in [0.15, 0.2) is 97.2 Å². The summed E-state index contributed by atoms with van der Waals surface area (Å²) >= 11 is 0. The summed E-state index contributed by atoms with van der Waals surface area (Å²) in [7, 11) is 1.24. The Morgan fingerprint density at radius 2 is 0.953 bits per heavy atom. The molecule has 9 heteroatoms. The number of hydrogen-bond acceptors (Lipinski definition) is 6. The first kappa shape index (κ1) is 61.4. The molecule has 1 amide bonds. The van der Waals surface area contributed by atoms with Gasteiger partial charge in [0, 0.05) is 6.42 Å². The van der Waals surface area contributed by atoms with Gasteiger partial charge in [-0.1, -0.05) is 207 Å². The molecule has 0 aliphatic rings. The fourth-order valence-electron chi connectivity index (χ4n) is 6.78. The van der Waals surface area contributed by atoms with Crippen molar-refractivity contribution in [3.05, 3.63) is 97.2 Å². The molecule has 0 heterocycles. The van der Waals surface area contributed by atoms with Crippen molar-refractivity contribution in [1.29, 1.82) is 0 Å². The molecule has 2 N–H and O–H groups in total. The third-order valence-electron chi connectivity index (χ3n) is 10.8. The minimum atomic E-state index is -4.59. The van der Waals surface area contributed by atoms with E-state index in [2.05, 4.69) is 104 Å². The molecule has 0 saturated heterocycles. The van der Waals surface area contributed by atoms with Gasteiger partial charge in [0.1, 0.15) is 13.2 Å². The molecule has 0 fully saturated rings. The Bertz CT molecular complexity index is 1360. The van der Waals surface area contributed by atoms with E-state index >= 15 is 0 Å². The van der Waals surface area contributed by atoms with E-state index in [0.29, 0.717) is 17.4 Å². The topological polar surface area (TPSA) is 108 Å². The van der Waals surface area contributed by atoms with Gasteiger partial charge in [0.25, 0.3) is 7.82 Å². The lowest BCUT2D eigenvalue weighted by molar-refractivity contribution is -0.870. The molecular weight excluding hydrogens is 816 g/mol. The zero-order valence-corrected chi connectivity index (χ0v) is 42.6. The third kappa shape index (κ3) is 47.4. The Kier molecular flexibility index (Phi) is 43.7. The number of nitrogens with zero attached hydrogens (tertiary/aromatic N) is 1. The molecule has 0 aromatic carbocycles. The molecule has 0 bridgehead atoms. The number of likely N-dealkylation sites (N-methyl/N-ethyl adjacent to an activating group) is 1.